The van der Waals surface area contributed by atoms with Crippen LogP contribution in [0.4, 0.5) is 4.79 Å². The maximum Gasteiger partial charge on any atom is 0.407 e. The SMILES string of the molecule is C/C=C/CC.CCCCCC(CC)N1CCN(C(=O)O)CC1. The molecule has 4 nitrogen and oxygen atoms in total. The summed E-state index contributed by atoms with van der Waals surface area (Å²) < 4.78 is 0. The summed E-state index contributed by atoms with van der Waals surface area (Å²) in [5.41, 5.74) is 0. The third-order valence-electron chi connectivity index (χ3n) is 4.18. The Bertz CT molecular complexity index is 297. The molecule has 0 aromatic rings. The van der Waals surface area contributed by atoms with Crippen LogP contribution in [-0.2, 0) is 0 Å². The highest BCUT2D eigenvalue weighted by atomic mass is 16.4. The summed E-state index contributed by atoms with van der Waals surface area (Å²) in [6.45, 7) is 11.8. The zero-order valence-electron chi connectivity index (χ0n) is 15.1. The molecule has 1 fully saturated rings. The molecule has 22 heavy (non-hydrogen) atoms. The fourth-order valence-corrected chi connectivity index (χ4v) is 2.79. The van der Waals surface area contributed by atoms with E-state index in [0.29, 0.717) is 19.1 Å². The quantitative estimate of drug-likeness (QED) is 0.551. The molecule has 1 saturated heterocycles. The highest BCUT2D eigenvalue weighted by molar-refractivity contribution is 5.65. The van der Waals surface area contributed by atoms with Gasteiger partial charge in [0.15, 0.2) is 0 Å². The van der Waals surface area contributed by atoms with Crippen LogP contribution in [0.15, 0.2) is 12.2 Å². The van der Waals surface area contributed by atoms with Gasteiger partial charge in [0, 0.05) is 32.2 Å². The first-order valence-corrected chi connectivity index (χ1v) is 8.93. The molecular formula is C18H36N2O2. The molecule has 0 bridgehead atoms. The molecule has 1 heterocycles. The number of rotatable bonds is 7. The first-order valence-electron chi connectivity index (χ1n) is 8.93. The van der Waals surface area contributed by atoms with Crippen molar-refractivity contribution < 1.29 is 9.90 Å². The predicted molar refractivity (Wildman–Crippen MR) is 94.5 cm³/mol. The summed E-state index contributed by atoms with van der Waals surface area (Å²) in [4.78, 5) is 14.8. The first kappa shape index (κ1) is 21.0. The maximum absolute atomic E-state index is 10.8. The van der Waals surface area contributed by atoms with E-state index in [1.807, 2.05) is 6.92 Å². The van der Waals surface area contributed by atoms with Crippen molar-refractivity contribution in [1.29, 1.82) is 0 Å². The van der Waals surface area contributed by atoms with E-state index in [2.05, 4.69) is 37.8 Å². The zero-order valence-corrected chi connectivity index (χ0v) is 15.1. The van der Waals surface area contributed by atoms with Crippen LogP contribution in [0.2, 0.25) is 0 Å². The van der Waals surface area contributed by atoms with Gasteiger partial charge in [-0.05, 0) is 26.2 Å². The van der Waals surface area contributed by atoms with Crippen LogP contribution in [0.3, 0.4) is 0 Å². The number of carboxylic acid groups (broad SMARTS) is 1. The van der Waals surface area contributed by atoms with Crippen molar-refractivity contribution in [2.24, 2.45) is 0 Å². The molecule has 0 saturated carbocycles. The van der Waals surface area contributed by atoms with Crippen molar-refractivity contribution in [1.82, 2.24) is 9.80 Å². The van der Waals surface area contributed by atoms with Gasteiger partial charge < -0.3 is 10.0 Å². The molecule has 0 radical (unpaired) electrons. The predicted octanol–water partition coefficient (Wildman–Crippen LogP) is 4.61. The van der Waals surface area contributed by atoms with Gasteiger partial charge >= 0.3 is 6.09 Å². The Morgan fingerprint density at radius 1 is 1.14 bits per heavy atom. The van der Waals surface area contributed by atoms with E-state index in [4.69, 9.17) is 5.11 Å². The van der Waals surface area contributed by atoms with Gasteiger partial charge in [0.05, 0.1) is 0 Å². The standard InChI is InChI=1S/C13H26N2O2.C5H10/c1-3-5-6-7-12(4-2)14-8-10-15(11-9-14)13(16)17;1-3-5-4-2/h12H,3-11H2,1-2H3,(H,16,17);3,5H,4H2,1-2H3/b;5-3+. The minimum absolute atomic E-state index is 0.650. The molecule has 130 valence electrons. The number of amides is 1. The van der Waals surface area contributed by atoms with Crippen molar-refractivity contribution >= 4 is 6.09 Å². The van der Waals surface area contributed by atoms with Crippen molar-refractivity contribution in [2.75, 3.05) is 26.2 Å². The fraction of sp³-hybridized carbons (Fsp3) is 0.833. The lowest BCUT2D eigenvalue weighted by atomic mass is 10.0. The normalized spacial score (nSPS) is 17.2. The number of carbonyl (C=O) groups is 1. The minimum atomic E-state index is -0.774. The lowest BCUT2D eigenvalue weighted by Crippen LogP contribution is -2.51. The molecule has 0 spiro atoms. The molecule has 1 rings (SSSR count). The first-order chi connectivity index (χ1) is 10.6. The third kappa shape index (κ3) is 9.08. The van der Waals surface area contributed by atoms with Gasteiger partial charge in [-0.15, -0.1) is 0 Å². The molecule has 0 aromatic heterocycles. The molecular weight excluding hydrogens is 276 g/mol. The average molecular weight is 312 g/mol. The number of piperazine rings is 1. The molecule has 1 atom stereocenters. The van der Waals surface area contributed by atoms with Gasteiger partial charge in [0.25, 0.3) is 0 Å². The third-order valence-corrected chi connectivity index (χ3v) is 4.18. The van der Waals surface area contributed by atoms with Gasteiger partial charge in [0.2, 0.25) is 0 Å². The minimum Gasteiger partial charge on any atom is -0.465 e. The number of hydrogen-bond donors (Lipinski definition) is 1. The lowest BCUT2D eigenvalue weighted by molar-refractivity contribution is 0.0803. The van der Waals surface area contributed by atoms with E-state index in [1.54, 1.807) is 0 Å². The summed E-state index contributed by atoms with van der Waals surface area (Å²) in [5, 5.41) is 8.90. The molecule has 1 amide bonds. The Morgan fingerprint density at radius 3 is 2.14 bits per heavy atom. The molecule has 1 unspecified atom stereocenters. The Kier molecular flexibility index (Phi) is 13.0. The van der Waals surface area contributed by atoms with Crippen LogP contribution >= 0.6 is 0 Å². The second kappa shape index (κ2) is 13.6. The Labute approximate surface area is 137 Å². The van der Waals surface area contributed by atoms with Gasteiger partial charge in [-0.2, -0.15) is 0 Å². The second-order valence-electron chi connectivity index (χ2n) is 5.84. The largest absolute Gasteiger partial charge is 0.465 e. The summed E-state index contributed by atoms with van der Waals surface area (Å²) >= 11 is 0. The van der Waals surface area contributed by atoms with Crippen LogP contribution in [0.5, 0.6) is 0 Å². The van der Waals surface area contributed by atoms with Crippen molar-refractivity contribution in [3.05, 3.63) is 12.2 Å². The van der Waals surface area contributed by atoms with Gasteiger partial charge in [0.1, 0.15) is 0 Å². The molecule has 1 aliphatic rings. The van der Waals surface area contributed by atoms with E-state index in [0.717, 1.165) is 19.5 Å². The molecule has 0 aromatic carbocycles. The average Bonchev–Trinajstić information content (AvgIpc) is 2.53. The fourth-order valence-electron chi connectivity index (χ4n) is 2.79. The van der Waals surface area contributed by atoms with Gasteiger partial charge in [-0.25, -0.2) is 4.79 Å². The zero-order chi connectivity index (χ0) is 16.8. The number of nitrogens with zero attached hydrogens (tertiary/aromatic N) is 2. The molecule has 0 aliphatic carbocycles. The van der Waals surface area contributed by atoms with Crippen molar-refractivity contribution in [3.63, 3.8) is 0 Å². The Hall–Kier alpha value is -1.03. The van der Waals surface area contributed by atoms with Crippen LogP contribution < -0.4 is 0 Å². The maximum atomic E-state index is 10.8. The van der Waals surface area contributed by atoms with Crippen molar-refractivity contribution in [2.45, 2.75) is 72.3 Å². The number of allylic oxidation sites excluding steroid dienone is 2. The van der Waals surface area contributed by atoms with E-state index in [-0.39, 0.29) is 0 Å². The summed E-state index contributed by atoms with van der Waals surface area (Å²) in [5.74, 6) is 0. The summed E-state index contributed by atoms with van der Waals surface area (Å²) in [6.07, 6.45) is 10.9. The van der Waals surface area contributed by atoms with Crippen molar-refractivity contribution in [3.8, 4) is 0 Å². The second-order valence-corrected chi connectivity index (χ2v) is 5.84. The number of hydrogen-bond acceptors (Lipinski definition) is 2. The van der Waals surface area contributed by atoms with E-state index in [9.17, 15) is 4.79 Å². The van der Waals surface area contributed by atoms with Gasteiger partial charge in [-0.1, -0.05) is 52.2 Å². The van der Waals surface area contributed by atoms with E-state index >= 15 is 0 Å². The molecule has 4 heteroatoms. The Balaban J connectivity index is 0.000000763. The Morgan fingerprint density at radius 2 is 1.77 bits per heavy atom. The summed E-state index contributed by atoms with van der Waals surface area (Å²) in [6, 6.07) is 0.650. The molecule has 1 N–H and O–H groups in total. The highest BCUT2D eigenvalue weighted by Gasteiger charge is 2.24. The molecule has 1 aliphatic heterocycles. The smallest absolute Gasteiger partial charge is 0.407 e. The summed E-state index contributed by atoms with van der Waals surface area (Å²) in [7, 11) is 0. The number of unbranched alkanes of at least 4 members (excludes halogenated alkanes) is 2. The highest BCUT2D eigenvalue weighted by Crippen LogP contribution is 2.15. The van der Waals surface area contributed by atoms with Crippen LogP contribution in [0.25, 0.3) is 0 Å². The van der Waals surface area contributed by atoms with E-state index < -0.39 is 6.09 Å². The van der Waals surface area contributed by atoms with Crippen LogP contribution in [0.1, 0.15) is 66.2 Å². The van der Waals surface area contributed by atoms with Crippen LogP contribution in [-0.4, -0.2) is 53.2 Å². The topological polar surface area (TPSA) is 43.8 Å². The van der Waals surface area contributed by atoms with Gasteiger partial charge in [-0.3, -0.25) is 4.90 Å². The van der Waals surface area contributed by atoms with E-state index in [1.165, 1.54) is 37.0 Å². The monoisotopic (exact) mass is 312 g/mol. The van der Waals surface area contributed by atoms with Crippen LogP contribution in [0, 0.1) is 0 Å². The lowest BCUT2D eigenvalue weighted by Gasteiger charge is -2.38.